The maximum atomic E-state index is 10.5. The van der Waals surface area contributed by atoms with E-state index in [1.807, 2.05) is 6.92 Å². The van der Waals surface area contributed by atoms with Crippen LogP contribution in [-0.2, 0) is 4.74 Å². The van der Waals surface area contributed by atoms with Gasteiger partial charge in [0.15, 0.2) is 0 Å². The number of allylic oxidation sites excluding steroid dienone is 1. The van der Waals surface area contributed by atoms with Crippen LogP contribution in [0, 0.1) is 23.7 Å². The van der Waals surface area contributed by atoms with E-state index in [0.717, 1.165) is 16.9 Å². The maximum Gasteiger partial charge on any atom is 0.111 e. The standard InChI is InChI=1S/C16H22O3/c1-7-5-13(18)15-8(2)10(4)19-16(15)14-9(3)12(17)6-11(7)14/h8,11-18H,1,3-6H2,2H3/t8-,11+,12+,13-,14+,15-,16-/m1/s1. The van der Waals surface area contributed by atoms with Crippen LogP contribution in [0.15, 0.2) is 36.6 Å². The molecule has 0 aromatic rings. The number of hydrogen-bond donors (Lipinski definition) is 2. The first-order chi connectivity index (χ1) is 8.91. The number of aliphatic hydroxyl groups excluding tert-OH is 2. The summed E-state index contributed by atoms with van der Waals surface area (Å²) >= 11 is 0. The lowest BCUT2D eigenvalue weighted by atomic mass is 9.79. The summed E-state index contributed by atoms with van der Waals surface area (Å²) < 4.78 is 5.94. The minimum absolute atomic E-state index is 0.0290. The van der Waals surface area contributed by atoms with E-state index in [-0.39, 0.29) is 29.8 Å². The molecule has 0 spiro atoms. The Kier molecular flexibility index (Phi) is 2.88. The predicted octanol–water partition coefficient (Wildman–Crippen LogP) is 2.03. The van der Waals surface area contributed by atoms with Crippen molar-refractivity contribution in [2.24, 2.45) is 23.7 Å². The first-order valence-electron chi connectivity index (χ1n) is 6.99. The molecular formula is C16H22O3. The van der Waals surface area contributed by atoms with Crippen LogP contribution in [0.25, 0.3) is 0 Å². The molecule has 0 bridgehead atoms. The average molecular weight is 262 g/mol. The molecule has 2 aliphatic carbocycles. The third kappa shape index (κ3) is 1.72. The molecule has 3 fully saturated rings. The molecule has 104 valence electrons. The lowest BCUT2D eigenvalue weighted by Crippen LogP contribution is -2.35. The van der Waals surface area contributed by atoms with Gasteiger partial charge in [-0.05, 0) is 24.3 Å². The van der Waals surface area contributed by atoms with Crippen LogP contribution in [0.1, 0.15) is 19.8 Å². The number of rotatable bonds is 0. The van der Waals surface area contributed by atoms with E-state index in [0.29, 0.717) is 12.8 Å². The van der Waals surface area contributed by atoms with Crippen LogP contribution < -0.4 is 0 Å². The molecule has 1 heterocycles. The topological polar surface area (TPSA) is 49.7 Å². The molecule has 1 aliphatic heterocycles. The van der Waals surface area contributed by atoms with Gasteiger partial charge in [-0.1, -0.05) is 32.2 Å². The molecule has 3 aliphatic rings. The molecule has 2 N–H and O–H groups in total. The lowest BCUT2D eigenvalue weighted by Gasteiger charge is -2.28. The summed E-state index contributed by atoms with van der Waals surface area (Å²) in [5, 5.41) is 20.5. The average Bonchev–Trinajstić information content (AvgIpc) is 2.75. The molecule has 0 radical (unpaired) electrons. The van der Waals surface area contributed by atoms with Gasteiger partial charge in [-0.15, -0.1) is 0 Å². The quantitative estimate of drug-likeness (QED) is 0.657. The van der Waals surface area contributed by atoms with Crippen molar-refractivity contribution in [2.45, 2.75) is 38.1 Å². The van der Waals surface area contributed by atoms with E-state index in [4.69, 9.17) is 4.74 Å². The highest BCUT2D eigenvalue weighted by Gasteiger charge is 2.54. The molecule has 0 amide bonds. The molecule has 0 unspecified atom stereocenters. The van der Waals surface area contributed by atoms with Crippen molar-refractivity contribution in [2.75, 3.05) is 0 Å². The Morgan fingerprint density at radius 2 is 1.89 bits per heavy atom. The zero-order chi connectivity index (χ0) is 13.9. The summed E-state index contributed by atoms with van der Waals surface area (Å²) in [7, 11) is 0. The summed E-state index contributed by atoms with van der Waals surface area (Å²) in [5.41, 5.74) is 1.85. The van der Waals surface area contributed by atoms with Gasteiger partial charge in [0, 0.05) is 17.8 Å². The summed E-state index contributed by atoms with van der Waals surface area (Å²) in [6.45, 7) is 14.2. The van der Waals surface area contributed by atoms with Crippen LogP contribution in [0.3, 0.4) is 0 Å². The molecule has 1 saturated heterocycles. The second kappa shape index (κ2) is 4.22. The van der Waals surface area contributed by atoms with E-state index in [1.165, 1.54) is 0 Å². The van der Waals surface area contributed by atoms with Gasteiger partial charge in [-0.2, -0.15) is 0 Å². The van der Waals surface area contributed by atoms with Gasteiger partial charge in [0.2, 0.25) is 0 Å². The Morgan fingerprint density at radius 3 is 2.58 bits per heavy atom. The summed E-state index contributed by atoms with van der Waals surface area (Å²) in [4.78, 5) is 0. The number of ether oxygens (including phenoxy) is 1. The maximum absolute atomic E-state index is 10.5. The Morgan fingerprint density at radius 1 is 1.21 bits per heavy atom. The molecule has 3 nitrogen and oxygen atoms in total. The van der Waals surface area contributed by atoms with Gasteiger partial charge in [0.05, 0.1) is 18.0 Å². The number of fused-ring (bicyclic) bond motifs is 3. The minimum Gasteiger partial charge on any atom is -0.494 e. The zero-order valence-corrected chi connectivity index (χ0v) is 11.4. The normalized spacial score (nSPS) is 49.6. The smallest absolute Gasteiger partial charge is 0.111 e. The molecule has 2 saturated carbocycles. The SMILES string of the molecule is C=C1O[C@@H]2[C@H]3C(=C)[C@@H](O)C[C@H]3C(=C)C[C@@H](O)[C@H]2[C@@H]1C. The van der Waals surface area contributed by atoms with E-state index in [9.17, 15) is 10.2 Å². The van der Waals surface area contributed by atoms with Crippen molar-refractivity contribution in [3.8, 4) is 0 Å². The first kappa shape index (κ1) is 12.9. The Balaban J connectivity index is 2.03. The third-order valence-electron chi connectivity index (χ3n) is 5.31. The summed E-state index contributed by atoms with van der Waals surface area (Å²) in [6.07, 6.45) is 0.204. The Bertz CT molecular complexity index is 453. The fraction of sp³-hybridized carbons (Fsp3) is 0.625. The number of hydrogen-bond acceptors (Lipinski definition) is 3. The second-order valence-electron chi connectivity index (χ2n) is 6.30. The lowest BCUT2D eigenvalue weighted by molar-refractivity contribution is 0.0232. The van der Waals surface area contributed by atoms with Crippen molar-refractivity contribution < 1.29 is 14.9 Å². The Hall–Kier alpha value is -1.06. The molecule has 7 atom stereocenters. The highest BCUT2D eigenvalue weighted by atomic mass is 16.5. The molecule has 3 heteroatoms. The van der Waals surface area contributed by atoms with Gasteiger partial charge in [0.1, 0.15) is 6.10 Å². The third-order valence-corrected chi connectivity index (χ3v) is 5.31. The molecular weight excluding hydrogens is 240 g/mol. The zero-order valence-electron chi connectivity index (χ0n) is 11.4. The van der Waals surface area contributed by atoms with Crippen molar-refractivity contribution in [3.63, 3.8) is 0 Å². The van der Waals surface area contributed by atoms with Gasteiger partial charge in [-0.25, -0.2) is 0 Å². The molecule has 3 rings (SSSR count). The van der Waals surface area contributed by atoms with E-state index in [1.54, 1.807) is 0 Å². The van der Waals surface area contributed by atoms with E-state index >= 15 is 0 Å². The predicted molar refractivity (Wildman–Crippen MR) is 73.2 cm³/mol. The van der Waals surface area contributed by atoms with Crippen molar-refractivity contribution in [3.05, 3.63) is 36.6 Å². The van der Waals surface area contributed by atoms with E-state index < -0.39 is 12.2 Å². The van der Waals surface area contributed by atoms with Gasteiger partial charge in [-0.3, -0.25) is 0 Å². The molecule has 0 aromatic heterocycles. The summed E-state index contributed by atoms with van der Waals surface area (Å²) in [6, 6.07) is 0. The number of aliphatic hydroxyl groups is 2. The minimum atomic E-state index is -0.476. The highest BCUT2D eigenvalue weighted by Crippen LogP contribution is 2.53. The van der Waals surface area contributed by atoms with Gasteiger partial charge < -0.3 is 14.9 Å². The van der Waals surface area contributed by atoms with Crippen LogP contribution in [0.4, 0.5) is 0 Å². The van der Waals surface area contributed by atoms with Crippen molar-refractivity contribution >= 4 is 0 Å². The van der Waals surface area contributed by atoms with Crippen LogP contribution in [0.5, 0.6) is 0 Å². The second-order valence-corrected chi connectivity index (χ2v) is 6.30. The van der Waals surface area contributed by atoms with Gasteiger partial charge >= 0.3 is 0 Å². The van der Waals surface area contributed by atoms with Crippen molar-refractivity contribution in [1.29, 1.82) is 0 Å². The van der Waals surface area contributed by atoms with E-state index in [2.05, 4.69) is 19.7 Å². The largest absolute Gasteiger partial charge is 0.494 e. The van der Waals surface area contributed by atoms with Crippen molar-refractivity contribution in [1.82, 2.24) is 0 Å². The summed E-state index contributed by atoms with van der Waals surface area (Å²) in [5.74, 6) is 1.14. The first-order valence-corrected chi connectivity index (χ1v) is 6.99. The van der Waals surface area contributed by atoms with Crippen LogP contribution in [-0.4, -0.2) is 28.5 Å². The monoisotopic (exact) mass is 262 g/mol. The molecule has 0 aromatic carbocycles. The van der Waals surface area contributed by atoms with Crippen LogP contribution in [0.2, 0.25) is 0 Å². The molecule has 19 heavy (non-hydrogen) atoms. The fourth-order valence-electron chi connectivity index (χ4n) is 4.16. The fourth-order valence-corrected chi connectivity index (χ4v) is 4.16. The Labute approximate surface area is 114 Å². The van der Waals surface area contributed by atoms with Crippen LogP contribution >= 0.6 is 0 Å². The highest BCUT2D eigenvalue weighted by molar-refractivity contribution is 5.29. The van der Waals surface area contributed by atoms with Gasteiger partial charge in [0.25, 0.3) is 0 Å².